The Bertz CT molecular complexity index is 1740. The van der Waals surface area contributed by atoms with Crippen LogP contribution in [0.5, 0.6) is 0 Å². The monoisotopic (exact) mass is 488 g/mol. The number of nitrogens with zero attached hydrogens (tertiary/aromatic N) is 7. The zero-order chi connectivity index (χ0) is 24.5. The predicted molar refractivity (Wildman–Crippen MR) is 127 cm³/mol. The molecular weight excluding hydrogens is 468 g/mol. The van der Waals surface area contributed by atoms with Gasteiger partial charge in [0.05, 0.1) is 22.7 Å². The van der Waals surface area contributed by atoms with E-state index < -0.39 is 20.9 Å². The molecule has 2 N–H and O–H groups in total. The van der Waals surface area contributed by atoms with E-state index in [-0.39, 0.29) is 39.9 Å². The SMILES string of the molecule is C[C@@]1(c2nn3ccc(C#N)c3c(=O)n2-c2ccccc2)CCN1c1nc(N)nc2c1S(=O)(=O)CC2. The molecule has 2 aliphatic heterocycles. The molecule has 176 valence electrons. The smallest absolute Gasteiger partial charge is 0.283 e. The van der Waals surface area contributed by atoms with Gasteiger partial charge in [-0.25, -0.2) is 17.9 Å². The molecule has 0 spiro atoms. The van der Waals surface area contributed by atoms with Crippen molar-refractivity contribution in [1.82, 2.24) is 24.1 Å². The van der Waals surface area contributed by atoms with Crippen LogP contribution in [-0.2, 0) is 21.8 Å². The van der Waals surface area contributed by atoms with Crippen molar-refractivity contribution in [3.05, 3.63) is 70.0 Å². The zero-order valence-electron chi connectivity index (χ0n) is 18.7. The number of nitrogens with two attached hydrogens (primary N) is 1. The van der Waals surface area contributed by atoms with Crippen LogP contribution in [0.1, 0.15) is 30.4 Å². The molecule has 0 saturated carbocycles. The Kier molecular flexibility index (Phi) is 4.34. The summed E-state index contributed by atoms with van der Waals surface area (Å²) in [5, 5.41) is 14.3. The number of aromatic nitrogens is 5. The summed E-state index contributed by atoms with van der Waals surface area (Å²) in [6.07, 6.45) is 2.44. The van der Waals surface area contributed by atoms with E-state index in [9.17, 15) is 18.5 Å². The number of hydrogen-bond donors (Lipinski definition) is 1. The maximum atomic E-state index is 13.8. The number of nitriles is 1. The van der Waals surface area contributed by atoms with Crippen LogP contribution in [0.2, 0.25) is 0 Å². The van der Waals surface area contributed by atoms with Gasteiger partial charge in [-0.3, -0.25) is 9.36 Å². The fourth-order valence-electron chi connectivity index (χ4n) is 4.96. The van der Waals surface area contributed by atoms with Crippen LogP contribution in [0, 0.1) is 11.3 Å². The molecule has 0 radical (unpaired) electrons. The number of nitrogen functional groups attached to an aromatic ring is 1. The molecule has 6 rings (SSSR count). The molecule has 4 aromatic rings. The molecule has 2 aliphatic rings. The summed E-state index contributed by atoms with van der Waals surface area (Å²) < 4.78 is 28.7. The largest absolute Gasteiger partial charge is 0.368 e. The molecule has 35 heavy (non-hydrogen) atoms. The van der Waals surface area contributed by atoms with Crippen LogP contribution in [0.15, 0.2) is 52.3 Å². The quantitative estimate of drug-likeness (QED) is 0.448. The standard InChI is InChI=1S/C23H20N8O3S/c1-23(9-11-29(23)19-18-16(26-22(25)27-19)8-12-35(18,33)34)21-28-30-10-7-14(13-24)17(30)20(32)31(21)15-5-3-2-4-6-15/h2-7,10H,8-9,11-12H2,1H3,(H2,25,26,27)/t23-/m0/s1. The normalized spacial score (nSPS) is 20.4. The molecule has 1 aromatic carbocycles. The Labute approximate surface area is 200 Å². The van der Waals surface area contributed by atoms with Crippen molar-refractivity contribution in [3.8, 4) is 11.8 Å². The van der Waals surface area contributed by atoms with Gasteiger partial charge in [-0.2, -0.15) is 15.3 Å². The summed E-state index contributed by atoms with van der Waals surface area (Å²) in [6, 6.07) is 12.6. The minimum atomic E-state index is -3.56. The van der Waals surface area contributed by atoms with Gasteiger partial charge in [0.1, 0.15) is 22.0 Å². The number of hydrogen-bond acceptors (Lipinski definition) is 9. The first-order valence-corrected chi connectivity index (χ1v) is 12.7. The second kappa shape index (κ2) is 7.13. The van der Waals surface area contributed by atoms with E-state index >= 15 is 0 Å². The van der Waals surface area contributed by atoms with Gasteiger partial charge >= 0.3 is 0 Å². The van der Waals surface area contributed by atoms with Crippen molar-refractivity contribution < 1.29 is 8.42 Å². The van der Waals surface area contributed by atoms with Crippen molar-refractivity contribution in [1.29, 1.82) is 5.26 Å². The maximum absolute atomic E-state index is 13.8. The summed E-state index contributed by atoms with van der Waals surface area (Å²) in [6.45, 7) is 2.39. The lowest BCUT2D eigenvalue weighted by Gasteiger charge is -2.51. The highest BCUT2D eigenvalue weighted by Gasteiger charge is 2.50. The Balaban J connectivity index is 1.63. The fourth-order valence-corrected chi connectivity index (χ4v) is 6.57. The van der Waals surface area contributed by atoms with Gasteiger partial charge < -0.3 is 10.6 Å². The lowest BCUT2D eigenvalue weighted by Crippen LogP contribution is -2.59. The van der Waals surface area contributed by atoms with Gasteiger partial charge in [-0.15, -0.1) is 0 Å². The second-order valence-electron chi connectivity index (χ2n) is 8.86. The average Bonchev–Trinajstić information content (AvgIpc) is 3.38. The highest BCUT2D eigenvalue weighted by atomic mass is 32.2. The van der Waals surface area contributed by atoms with Crippen molar-refractivity contribution in [2.75, 3.05) is 22.9 Å². The highest BCUT2D eigenvalue weighted by Crippen LogP contribution is 2.46. The number of sulfone groups is 1. The summed E-state index contributed by atoms with van der Waals surface area (Å²) in [7, 11) is -3.56. The second-order valence-corrected chi connectivity index (χ2v) is 10.9. The molecule has 0 bridgehead atoms. The molecule has 5 heterocycles. The third kappa shape index (κ3) is 2.91. The molecule has 0 amide bonds. The lowest BCUT2D eigenvalue weighted by molar-refractivity contribution is 0.276. The van der Waals surface area contributed by atoms with Crippen LogP contribution in [0.3, 0.4) is 0 Å². The van der Waals surface area contributed by atoms with Crippen molar-refractivity contribution in [2.24, 2.45) is 0 Å². The van der Waals surface area contributed by atoms with E-state index in [0.717, 1.165) is 0 Å². The van der Waals surface area contributed by atoms with Gasteiger partial charge in [-0.05, 0) is 31.5 Å². The minimum absolute atomic E-state index is 0.00182. The summed E-state index contributed by atoms with van der Waals surface area (Å²) >= 11 is 0. The molecule has 11 nitrogen and oxygen atoms in total. The number of para-hydroxylation sites is 1. The highest BCUT2D eigenvalue weighted by molar-refractivity contribution is 7.91. The van der Waals surface area contributed by atoms with E-state index in [4.69, 9.17) is 10.8 Å². The summed E-state index contributed by atoms with van der Waals surface area (Å²) in [5.74, 6) is 0.585. The average molecular weight is 489 g/mol. The molecule has 0 aliphatic carbocycles. The van der Waals surface area contributed by atoms with E-state index in [1.807, 2.05) is 30.0 Å². The maximum Gasteiger partial charge on any atom is 0.283 e. The molecule has 1 atom stereocenters. The summed E-state index contributed by atoms with van der Waals surface area (Å²) in [5.41, 5.74) is 6.07. The van der Waals surface area contributed by atoms with Crippen LogP contribution in [0.4, 0.5) is 11.8 Å². The minimum Gasteiger partial charge on any atom is -0.368 e. The number of aryl methyl sites for hydroxylation is 1. The molecular formula is C23H20N8O3S. The number of rotatable bonds is 3. The van der Waals surface area contributed by atoms with E-state index in [1.165, 1.54) is 9.08 Å². The molecule has 0 unspecified atom stereocenters. The number of anilines is 2. The van der Waals surface area contributed by atoms with Crippen molar-refractivity contribution >= 4 is 27.1 Å². The molecule has 12 heteroatoms. The van der Waals surface area contributed by atoms with Gasteiger partial charge in [0.25, 0.3) is 5.56 Å². The third-order valence-electron chi connectivity index (χ3n) is 6.83. The molecule has 3 aromatic heterocycles. The third-order valence-corrected chi connectivity index (χ3v) is 8.61. The first-order chi connectivity index (χ1) is 16.7. The van der Waals surface area contributed by atoms with Gasteiger partial charge in [-0.1, -0.05) is 18.2 Å². The first kappa shape index (κ1) is 21.3. The Morgan fingerprint density at radius 3 is 2.63 bits per heavy atom. The first-order valence-electron chi connectivity index (χ1n) is 11.0. The van der Waals surface area contributed by atoms with Gasteiger partial charge in [0.15, 0.2) is 21.5 Å². The number of benzene rings is 1. The van der Waals surface area contributed by atoms with Crippen LogP contribution < -0.4 is 16.2 Å². The number of fused-ring (bicyclic) bond motifs is 2. The van der Waals surface area contributed by atoms with Gasteiger partial charge in [0, 0.05) is 19.2 Å². The topological polar surface area (TPSA) is 152 Å². The molecule has 1 fully saturated rings. The molecule has 1 saturated heterocycles. The van der Waals surface area contributed by atoms with Crippen LogP contribution >= 0.6 is 0 Å². The Morgan fingerprint density at radius 2 is 1.94 bits per heavy atom. The summed E-state index contributed by atoms with van der Waals surface area (Å²) in [4.78, 5) is 24.2. The van der Waals surface area contributed by atoms with E-state index in [2.05, 4.69) is 16.0 Å². The van der Waals surface area contributed by atoms with Crippen molar-refractivity contribution in [2.45, 2.75) is 30.2 Å². The fraction of sp³-hybridized carbons (Fsp3) is 0.261. The van der Waals surface area contributed by atoms with E-state index in [1.54, 1.807) is 24.4 Å². The van der Waals surface area contributed by atoms with E-state index in [0.29, 0.717) is 30.2 Å². The zero-order valence-corrected chi connectivity index (χ0v) is 19.5. The van der Waals surface area contributed by atoms with Crippen LogP contribution in [0.25, 0.3) is 11.2 Å². The Hall–Kier alpha value is -4.24. The van der Waals surface area contributed by atoms with Crippen LogP contribution in [-0.4, -0.2) is 44.9 Å². The van der Waals surface area contributed by atoms with Gasteiger partial charge in [0.2, 0.25) is 5.95 Å². The predicted octanol–water partition coefficient (Wildman–Crippen LogP) is 1.18. The van der Waals surface area contributed by atoms with Crippen molar-refractivity contribution in [3.63, 3.8) is 0 Å². The lowest BCUT2D eigenvalue weighted by atomic mass is 9.85. The Morgan fingerprint density at radius 1 is 1.17 bits per heavy atom.